The topological polar surface area (TPSA) is 92.5 Å². The van der Waals surface area contributed by atoms with Crippen LogP contribution < -0.4 is 5.32 Å². The molecular formula is C23H22BrFN6O2S. The van der Waals surface area contributed by atoms with E-state index in [9.17, 15) is 12.8 Å². The van der Waals surface area contributed by atoms with Gasteiger partial charge in [0.15, 0.2) is 5.65 Å². The van der Waals surface area contributed by atoms with Gasteiger partial charge in [-0.25, -0.2) is 17.8 Å². The largest absolute Gasteiger partial charge is 0.366 e. The molecule has 0 saturated carbocycles. The molecule has 3 aromatic heterocycles. The van der Waals surface area contributed by atoms with Crippen molar-refractivity contribution in [1.82, 2.24) is 23.9 Å². The number of hydrogen-bond donors (Lipinski definition) is 1. The Hall–Kier alpha value is -2.89. The van der Waals surface area contributed by atoms with Crippen LogP contribution in [0, 0.1) is 5.82 Å². The third kappa shape index (κ3) is 4.55. The highest BCUT2D eigenvalue weighted by molar-refractivity contribution is 9.10. The fourth-order valence-corrected chi connectivity index (χ4v) is 6.00. The lowest BCUT2D eigenvalue weighted by molar-refractivity contribution is 0.316. The van der Waals surface area contributed by atoms with E-state index in [2.05, 4.69) is 31.3 Å². The van der Waals surface area contributed by atoms with E-state index < -0.39 is 15.8 Å². The highest BCUT2D eigenvalue weighted by Gasteiger charge is 2.31. The second kappa shape index (κ2) is 9.40. The molecule has 1 saturated heterocycles. The van der Waals surface area contributed by atoms with Gasteiger partial charge in [-0.05, 0) is 58.6 Å². The number of benzene rings is 1. The maximum absolute atomic E-state index is 13.6. The summed E-state index contributed by atoms with van der Waals surface area (Å²) < 4.78 is 43.4. The molecule has 1 fully saturated rings. The van der Waals surface area contributed by atoms with Crippen molar-refractivity contribution in [3.63, 3.8) is 0 Å². The molecule has 4 aromatic rings. The smallest absolute Gasteiger partial charge is 0.243 e. The first-order chi connectivity index (χ1) is 16.4. The maximum Gasteiger partial charge on any atom is 0.243 e. The summed E-state index contributed by atoms with van der Waals surface area (Å²) in [4.78, 5) is 8.95. The van der Waals surface area contributed by atoms with Gasteiger partial charge < -0.3 is 5.32 Å². The first-order valence-electron chi connectivity index (χ1n) is 10.8. The number of nitrogens with zero attached hydrogens (tertiary/aromatic N) is 5. The predicted molar refractivity (Wildman–Crippen MR) is 129 cm³/mol. The molecule has 0 bridgehead atoms. The maximum atomic E-state index is 13.6. The number of rotatable bonds is 6. The molecule has 1 aliphatic heterocycles. The Bertz CT molecular complexity index is 1420. The Morgan fingerprint density at radius 3 is 2.68 bits per heavy atom. The van der Waals surface area contributed by atoms with Gasteiger partial charge in [-0.3, -0.25) is 4.98 Å². The predicted octanol–water partition coefficient (Wildman–Crippen LogP) is 4.21. The van der Waals surface area contributed by atoms with Crippen molar-refractivity contribution in [2.24, 2.45) is 0 Å². The summed E-state index contributed by atoms with van der Waals surface area (Å²) in [7, 11) is -3.74. The Labute approximate surface area is 205 Å². The van der Waals surface area contributed by atoms with Crippen LogP contribution in [0.15, 0.2) is 70.4 Å². The average molecular weight is 545 g/mol. The van der Waals surface area contributed by atoms with Gasteiger partial charge in [0.1, 0.15) is 11.6 Å². The molecule has 8 nitrogen and oxygen atoms in total. The van der Waals surface area contributed by atoms with E-state index in [1.54, 1.807) is 23.1 Å². The van der Waals surface area contributed by atoms with Gasteiger partial charge in [-0.15, -0.1) is 0 Å². The monoisotopic (exact) mass is 544 g/mol. The normalized spacial score (nSPS) is 15.6. The fourth-order valence-electron chi connectivity index (χ4n) is 4.15. The molecule has 4 heterocycles. The second-order valence-corrected chi connectivity index (χ2v) is 10.9. The molecule has 1 aliphatic rings. The van der Waals surface area contributed by atoms with Crippen molar-refractivity contribution in [2.75, 3.05) is 18.4 Å². The van der Waals surface area contributed by atoms with Crippen LogP contribution in [0.2, 0.25) is 0 Å². The molecule has 0 radical (unpaired) electrons. The quantitative estimate of drug-likeness (QED) is 0.391. The van der Waals surface area contributed by atoms with E-state index in [-0.39, 0.29) is 10.8 Å². The Morgan fingerprint density at radius 1 is 1.12 bits per heavy atom. The van der Waals surface area contributed by atoms with Crippen LogP contribution in [0.5, 0.6) is 0 Å². The summed E-state index contributed by atoms with van der Waals surface area (Å²) in [6, 6.07) is 11.0. The molecule has 11 heteroatoms. The lowest BCUT2D eigenvalue weighted by Gasteiger charge is -2.31. The first-order valence-corrected chi connectivity index (χ1v) is 13.1. The summed E-state index contributed by atoms with van der Waals surface area (Å²) in [6.07, 6.45) is 6.48. The van der Waals surface area contributed by atoms with Crippen molar-refractivity contribution in [3.05, 3.63) is 82.6 Å². The highest BCUT2D eigenvalue weighted by atomic mass is 79.9. The molecule has 0 spiro atoms. The second-order valence-electron chi connectivity index (χ2n) is 8.14. The number of anilines is 1. The van der Waals surface area contributed by atoms with Crippen LogP contribution in [0.3, 0.4) is 0 Å². The van der Waals surface area contributed by atoms with Crippen molar-refractivity contribution in [3.8, 4) is 0 Å². The minimum Gasteiger partial charge on any atom is -0.366 e. The molecule has 1 aromatic carbocycles. The number of aromatic nitrogens is 4. The number of hydrogen-bond acceptors (Lipinski definition) is 6. The van der Waals surface area contributed by atoms with E-state index in [0.717, 1.165) is 27.6 Å². The number of halogens is 2. The van der Waals surface area contributed by atoms with Gasteiger partial charge >= 0.3 is 0 Å². The van der Waals surface area contributed by atoms with Gasteiger partial charge in [0.05, 0.1) is 15.6 Å². The molecule has 0 atom stereocenters. The summed E-state index contributed by atoms with van der Waals surface area (Å²) in [5.41, 5.74) is 2.61. The first kappa shape index (κ1) is 22.9. The molecule has 0 aliphatic carbocycles. The zero-order chi connectivity index (χ0) is 23.7. The SMILES string of the molecule is O=S(=O)(c1cccc(F)c1)N1CCC(c2cc(NCc3cccnc3)n3ncc(Br)c3n2)CC1. The summed E-state index contributed by atoms with van der Waals surface area (Å²) >= 11 is 3.52. The number of fused-ring (bicyclic) bond motifs is 1. The molecular weight excluding hydrogens is 523 g/mol. The molecule has 1 N–H and O–H groups in total. The van der Waals surface area contributed by atoms with E-state index in [4.69, 9.17) is 4.98 Å². The number of sulfonamides is 1. The van der Waals surface area contributed by atoms with Gasteiger partial charge in [0.25, 0.3) is 0 Å². The van der Waals surface area contributed by atoms with Gasteiger partial charge in [-0.1, -0.05) is 12.1 Å². The number of piperidine rings is 1. The minimum atomic E-state index is -3.74. The standard InChI is InChI=1S/C23H22BrFN6O2S/c24-20-15-28-31-22(27-14-16-3-2-8-26-13-16)12-21(29-23(20)31)17-6-9-30(10-7-17)34(32,33)19-5-1-4-18(25)11-19/h1-5,8,11-13,15,17,27H,6-7,9-10,14H2. The van der Waals surface area contributed by atoms with Crippen molar-refractivity contribution >= 4 is 37.4 Å². The van der Waals surface area contributed by atoms with Gasteiger partial charge in [-0.2, -0.15) is 13.9 Å². The van der Waals surface area contributed by atoms with Crippen LogP contribution >= 0.6 is 15.9 Å². The number of pyridine rings is 1. The molecule has 34 heavy (non-hydrogen) atoms. The van der Waals surface area contributed by atoms with Crippen LogP contribution in [0.1, 0.15) is 30.0 Å². The Morgan fingerprint density at radius 2 is 1.94 bits per heavy atom. The van der Waals surface area contributed by atoms with E-state index >= 15 is 0 Å². The van der Waals surface area contributed by atoms with Gasteiger partial charge in [0.2, 0.25) is 10.0 Å². The van der Waals surface area contributed by atoms with Crippen LogP contribution in [-0.4, -0.2) is 45.4 Å². The summed E-state index contributed by atoms with van der Waals surface area (Å²) in [5, 5.41) is 7.83. The van der Waals surface area contributed by atoms with Crippen molar-refractivity contribution in [2.45, 2.75) is 30.2 Å². The lowest BCUT2D eigenvalue weighted by Crippen LogP contribution is -2.38. The highest BCUT2D eigenvalue weighted by Crippen LogP contribution is 2.32. The van der Waals surface area contributed by atoms with Gasteiger partial charge in [0, 0.05) is 49.7 Å². The van der Waals surface area contributed by atoms with Crippen molar-refractivity contribution in [1.29, 1.82) is 0 Å². The molecule has 0 amide bonds. The zero-order valence-electron chi connectivity index (χ0n) is 18.1. The minimum absolute atomic E-state index is 0.0180. The molecule has 176 valence electrons. The lowest BCUT2D eigenvalue weighted by atomic mass is 9.94. The van der Waals surface area contributed by atoms with Crippen molar-refractivity contribution < 1.29 is 12.8 Å². The van der Waals surface area contributed by atoms with E-state index in [0.29, 0.717) is 38.1 Å². The van der Waals surface area contributed by atoms with Crippen LogP contribution in [-0.2, 0) is 16.6 Å². The Kier molecular flexibility index (Phi) is 6.32. The third-order valence-electron chi connectivity index (χ3n) is 5.95. The average Bonchev–Trinajstić information content (AvgIpc) is 3.24. The zero-order valence-corrected chi connectivity index (χ0v) is 20.5. The van der Waals surface area contributed by atoms with E-state index in [1.807, 2.05) is 18.2 Å². The summed E-state index contributed by atoms with van der Waals surface area (Å²) in [5.74, 6) is 0.320. The fraction of sp³-hybridized carbons (Fsp3) is 0.261. The van der Waals surface area contributed by atoms with Crippen LogP contribution in [0.4, 0.5) is 10.2 Å². The third-order valence-corrected chi connectivity index (χ3v) is 8.41. The van der Waals surface area contributed by atoms with Crippen LogP contribution in [0.25, 0.3) is 5.65 Å². The summed E-state index contributed by atoms with van der Waals surface area (Å²) in [6.45, 7) is 1.26. The molecule has 0 unspecified atom stereocenters. The van der Waals surface area contributed by atoms with E-state index in [1.165, 1.54) is 22.5 Å². The Balaban J connectivity index is 1.36. The number of nitrogens with one attached hydrogen (secondary N) is 1. The molecule has 5 rings (SSSR count).